The van der Waals surface area contributed by atoms with Crippen LogP contribution < -0.4 is 0 Å². The Kier molecular flexibility index (Phi) is 2.56. The van der Waals surface area contributed by atoms with E-state index in [9.17, 15) is 4.79 Å². The molecule has 1 atom stereocenters. The van der Waals surface area contributed by atoms with E-state index in [0.717, 1.165) is 20.7 Å². The van der Waals surface area contributed by atoms with Gasteiger partial charge >= 0.3 is 5.97 Å². The Balaban J connectivity index is 2.07. The van der Waals surface area contributed by atoms with Gasteiger partial charge in [0.2, 0.25) is 0 Å². The molecule has 5 heteroatoms. The number of aliphatic carboxylic acids is 1. The first kappa shape index (κ1) is 11.2. The first-order chi connectivity index (χ1) is 8.65. The average Bonchev–Trinajstić information content (AvgIpc) is 2.86. The third-order valence-electron chi connectivity index (χ3n) is 3.10. The molecule has 4 nitrogen and oxygen atoms in total. The first-order valence-electron chi connectivity index (χ1n) is 5.72. The molecule has 0 aliphatic heterocycles. The predicted molar refractivity (Wildman–Crippen MR) is 71.2 cm³/mol. The highest BCUT2D eigenvalue weighted by Crippen LogP contribution is 2.29. The van der Waals surface area contributed by atoms with Crippen molar-refractivity contribution in [3.05, 3.63) is 36.2 Å². The lowest BCUT2D eigenvalue weighted by Crippen LogP contribution is -2.02. The number of hydrogen-bond donors (Lipinski definition) is 1. The van der Waals surface area contributed by atoms with Crippen LogP contribution in [0.1, 0.15) is 24.8 Å². The number of hydrogen-bond acceptors (Lipinski definition) is 3. The van der Waals surface area contributed by atoms with Crippen LogP contribution in [0.3, 0.4) is 0 Å². The van der Waals surface area contributed by atoms with E-state index < -0.39 is 5.97 Å². The number of carbonyl (C=O) groups is 1. The second-order valence-corrected chi connectivity index (χ2v) is 5.42. The topological polar surface area (TPSA) is 54.6 Å². The SMILES string of the molecule is CC(CC(=O)O)c1ccc2c(c1)sc1nccn12. The zero-order chi connectivity index (χ0) is 12.7. The molecule has 0 saturated carbocycles. The Morgan fingerprint density at radius 1 is 1.56 bits per heavy atom. The molecule has 3 rings (SSSR count). The van der Waals surface area contributed by atoms with Gasteiger partial charge in [-0.05, 0) is 23.6 Å². The Hall–Kier alpha value is -1.88. The fourth-order valence-corrected chi connectivity index (χ4v) is 3.18. The van der Waals surface area contributed by atoms with Crippen LogP contribution in [0.2, 0.25) is 0 Å². The van der Waals surface area contributed by atoms with Crippen molar-refractivity contribution in [1.82, 2.24) is 9.38 Å². The number of imidazole rings is 1. The van der Waals surface area contributed by atoms with Gasteiger partial charge in [-0.3, -0.25) is 9.20 Å². The van der Waals surface area contributed by atoms with Crippen molar-refractivity contribution in [3.8, 4) is 0 Å². The molecule has 3 aromatic rings. The van der Waals surface area contributed by atoms with Crippen LogP contribution in [-0.4, -0.2) is 20.5 Å². The van der Waals surface area contributed by atoms with Gasteiger partial charge in [0, 0.05) is 12.4 Å². The average molecular weight is 260 g/mol. The summed E-state index contributed by atoms with van der Waals surface area (Å²) >= 11 is 1.62. The highest BCUT2D eigenvalue weighted by molar-refractivity contribution is 7.23. The number of nitrogens with zero attached hydrogens (tertiary/aromatic N) is 2. The molecular formula is C13H12N2O2S. The Morgan fingerprint density at radius 3 is 3.17 bits per heavy atom. The van der Waals surface area contributed by atoms with Crippen LogP contribution >= 0.6 is 11.3 Å². The summed E-state index contributed by atoms with van der Waals surface area (Å²) in [6.07, 6.45) is 3.88. The minimum absolute atomic E-state index is 0.0290. The number of thiazole rings is 1. The standard InChI is InChI=1S/C13H12N2O2S/c1-8(6-12(16)17)9-2-3-10-11(7-9)18-13-14-4-5-15(10)13/h2-5,7-8H,6H2,1H3,(H,16,17). The Morgan fingerprint density at radius 2 is 2.39 bits per heavy atom. The van der Waals surface area contributed by atoms with E-state index >= 15 is 0 Å². The van der Waals surface area contributed by atoms with Gasteiger partial charge in [-0.25, -0.2) is 4.98 Å². The van der Waals surface area contributed by atoms with Gasteiger partial charge in [0.1, 0.15) is 0 Å². The van der Waals surface area contributed by atoms with Gasteiger partial charge in [-0.15, -0.1) is 0 Å². The van der Waals surface area contributed by atoms with E-state index in [1.54, 1.807) is 17.5 Å². The van der Waals surface area contributed by atoms with Crippen molar-refractivity contribution in [1.29, 1.82) is 0 Å². The van der Waals surface area contributed by atoms with Crippen molar-refractivity contribution in [3.63, 3.8) is 0 Å². The molecule has 2 aromatic heterocycles. The van der Waals surface area contributed by atoms with E-state index in [-0.39, 0.29) is 12.3 Å². The maximum Gasteiger partial charge on any atom is 0.303 e. The lowest BCUT2D eigenvalue weighted by Gasteiger charge is -2.08. The van der Waals surface area contributed by atoms with Gasteiger partial charge in [0.05, 0.1) is 16.6 Å². The van der Waals surface area contributed by atoms with Gasteiger partial charge < -0.3 is 5.11 Å². The van der Waals surface area contributed by atoms with Crippen molar-refractivity contribution < 1.29 is 9.90 Å². The van der Waals surface area contributed by atoms with Crippen molar-refractivity contribution >= 4 is 32.5 Å². The summed E-state index contributed by atoms with van der Waals surface area (Å²) in [5, 5.41) is 8.83. The lowest BCUT2D eigenvalue weighted by molar-refractivity contribution is -0.137. The highest BCUT2D eigenvalue weighted by Gasteiger charge is 2.12. The summed E-state index contributed by atoms with van der Waals surface area (Å²) in [6, 6.07) is 6.11. The second-order valence-electron chi connectivity index (χ2n) is 4.41. The molecule has 0 fully saturated rings. The van der Waals surface area contributed by atoms with Gasteiger partial charge in [-0.1, -0.05) is 24.3 Å². The van der Waals surface area contributed by atoms with Crippen LogP contribution in [0.25, 0.3) is 15.2 Å². The molecule has 0 amide bonds. The van der Waals surface area contributed by atoms with E-state index in [1.807, 2.05) is 29.7 Å². The summed E-state index contributed by atoms with van der Waals surface area (Å²) in [6.45, 7) is 1.94. The zero-order valence-corrected chi connectivity index (χ0v) is 10.6. The molecule has 2 heterocycles. The number of carboxylic acid groups (broad SMARTS) is 1. The lowest BCUT2D eigenvalue weighted by atomic mass is 9.98. The number of fused-ring (bicyclic) bond motifs is 3. The van der Waals surface area contributed by atoms with E-state index in [2.05, 4.69) is 11.1 Å². The summed E-state index contributed by atoms with van der Waals surface area (Å²) < 4.78 is 3.19. The maximum absolute atomic E-state index is 10.7. The normalized spacial score (nSPS) is 13.2. The summed E-state index contributed by atoms with van der Waals surface area (Å²) in [5.74, 6) is -0.732. The van der Waals surface area contributed by atoms with Crippen LogP contribution in [0.5, 0.6) is 0 Å². The fraction of sp³-hybridized carbons (Fsp3) is 0.231. The third kappa shape index (κ3) is 1.76. The highest BCUT2D eigenvalue weighted by atomic mass is 32.1. The molecule has 18 heavy (non-hydrogen) atoms. The molecular weight excluding hydrogens is 248 g/mol. The molecule has 1 N–H and O–H groups in total. The number of benzene rings is 1. The van der Waals surface area contributed by atoms with Crippen LogP contribution in [-0.2, 0) is 4.79 Å². The molecule has 0 bridgehead atoms. The molecule has 92 valence electrons. The molecule has 0 aliphatic carbocycles. The van der Waals surface area contributed by atoms with Gasteiger partial charge in [-0.2, -0.15) is 0 Å². The monoisotopic (exact) mass is 260 g/mol. The molecule has 1 aromatic carbocycles. The predicted octanol–water partition coefficient (Wildman–Crippen LogP) is 3.13. The number of aromatic nitrogens is 2. The van der Waals surface area contributed by atoms with E-state index in [4.69, 9.17) is 5.11 Å². The summed E-state index contributed by atoms with van der Waals surface area (Å²) in [4.78, 5) is 16.0. The number of carboxylic acids is 1. The maximum atomic E-state index is 10.7. The fourth-order valence-electron chi connectivity index (χ4n) is 2.14. The van der Waals surface area contributed by atoms with Crippen molar-refractivity contribution in [2.45, 2.75) is 19.3 Å². The summed E-state index contributed by atoms with van der Waals surface area (Å²) in [7, 11) is 0. The smallest absolute Gasteiger partial charge is 0.303 e. The van der Waals surface area contributed by atoms with E-state index in [1.165, 1.54) is 0 Å². The van der Waals surface area contributed by atoms with Gasteiger partial charge in [0.15, 0.2) is 4.96 Å². The van der Waals surface area contributed by atoms with Gasteiger partial charge in [0.25, 0.3) is 0 Å². The van der Waals surface area contributed by atoms with E-state index in [0.29, 0.717) is 0 Å². The van der Waals surface area contributed by atoms with Crippen LogP contribution in [0.15, 0.2) is 30.6 Å². The Labute approximate surface area is 108 Å². The zero-order valence-electron chi connectivity index (χ0n) is 9.83. The summed E-state index contributed by atoms with van der Waals surface area (Å²) in [5.41, 5.74) is 2.19. The Bertz CT molecular complexity index is 729. The molecule has 0 radical (unpaired) electrons. The van der Waals surface area contributed by atoms with Crippen molar-refractivity contribution in [2.75, 3.05) is 0 Å². The first-order valence-corrected chi connectivity index (χ1v) is 6.54. The third-order valence-corrected chi connectivity index (χ3v) is 4.13. The molecule has 0 saturated heterocycles. The largest absolute Gasteiger partial charge is 0.481 e. The number of rotatable bonds is 3. The van der Waals surface area contributed by atoms with Crippen LogP contribution in [0, 0.1) is 0 Å². The second kappa shape index (κ2) is 4.10. The molecule has 1 unspecified atom stereocenters. The van der Waals surface area contributed by atoms with Crippen LogP contribution in [0.4, 0.5) is 0 Å². The minimum Gasteiger partial charge on any atom is -0.481 e. The molecule has 0 spiro atoms. The minimum atomic E-state index is -0.761. The van der Waals surface area contributed by atoms with Crippen molar-refractivity contribution in [2.24, 2.45) is 0 Å². The quantitative estimate of drug-likeness (QED) is 0.787. The molecule has 0 aliphatic rings.